The fourth-order valence-corrected chi connectivity index (χ4v) is 3.40. The van der Waals surface area contributed by atoms with E-state index in [1.165, 1.54) is 71.1 Å². The molecular weight excluding hydrogens is 196 g/mol. The maximum absolute atomic E-state index is 3.66. The standard InChI is InChI=1S/C14H28N2/c1-2-3-9-15-12-13-7-6-11-16-10-5-4-8-14(13)16/h13-15H,2-12H2,1H3/t13-,14-/m1/s1. The van der Waals surface area contributed by atoms with E-state index in [0.29, 0.717) is 0 Å². The first-order valence-electron chi connectivity index (χ1n) is 7.36. The van der Waals surface area contributed by atoms with Gasteiger partial charge in [0.05, 0.1) is 0 Å². The van der Waals surface area contributed by atoms with Gasteiger partial charge in [0.25, 0.3) is 0 Å². The molecule has 0 radical (unpaired) electrons. The highest BCUT2D eigenvalue weighted by Gasteiger charge is 2.32. The summed E-state index contributed by atoms with van der Waals surface area (Å²) in [5.74, 6) is 0.936. The lowest BCUT2D eigenvalue weighted by molar-refractivity contribution is 0.0595. The molecule has 2 atom stereocenters. The highest BCUT2D eigenvalue weighted by atomic mass is 15.2. The monoisotopic (exact) mass is 224 g/mol. The summed E-state index contributed by atoms with van der Waals surface area (Å²) >= 11 is 0. The number of nitrogens with one attached hydrogen (secondary N) is 1. The first-order chi connectivity index (χ1) is 7.92. The van der Waals surface area contributed by atoms with Crippen molar-refractivity contribution in [3.8, 4) is 0 Å². The average Bonchev–Trinajstić information content (AvgIpc) is 2.35. The van der Waals surface area contributed by atoms with Crippen molar-refractivity contribution in [1.82, 2.24) is 10.2 Å². The molecular formula is C14H28N2. The third-order valence-electron chi connectivity index (χ3n) is 4.34. The lowest BCUT2D eigenvalue weighted by Gasteiger charge is -2.44. The lowest BCUT2D eigenvalue weighted by Crippen LogP contribution is -2.50. The molecule has 16 heavy (non-hydrogen) atoms. The number of rotatable bonds is 5. The van der Waals surface area contributed by atoms with Crippen molar-refractivity contribution in [2.75, 3.05) is 26.2 Å². The molecule has 2 aliphatic heterocycles. The van der Waals surface area contributed by atoms with Crippen molar-refractivity contribution in [3.05, 3.63) is 0 Å². The number of hydrogen-bond donors (Lipinski definition) is 1. The molecule has 94 valence electrons. The average molecular weight is 224 g/mol. The van der Waals surface area contributed by atoms with Crippen LogP contribution in [-0.2, 0) is 0 Å². The maximum Gasteiger partial charge on any atom is 0.0136 e. The van der Waals surface area contributed by atoms with E-state index in [0.717, 1.165) is 12.0 Å². The Morgan fingerprint density at radius 1 is 1.12 bits per heavy atom. The molecule has 2 nitrogen and oxygen atoms in total. The van der Waals surface area contributed by atoms with Gasteiger partial charge in [-0.1, -0.05) is 19.8 Å². The molecule has 0 bridgehead atoms. The summed E-state index contributed by atoms with van der Waals surface area (Å²) in [5, 5.41) is 3.66. The molecule has 2 saturated heterocycles. The number of piperidine rings is 2. The fourth-order valence-electron chi connectivity index (χ4n) is 3.40. The summed E-state index contributed by atoms with van der Waals surface area (Å²) in [4.78, 5) is 2.76. The van der Waals surface area contributed by atoms with Gasteiger partial charge in [-0.05, 0) is 64.2 Å². The SMILES string of the molecule is CCCCNC[C@H]1CCCN2CCCC[C@H]12. The first kappa shape index (κ1) is 12.4. The number of unbranched alkanes of at least 4 members (excludes halogenated alkanes) is 1. The van der Waals surface area contributed by atoms with E-state index in [1.54, 1.807) is 0 Å². The van der Waals surface area contributed by atoms with E-state index in [4.69, 9.17) is 0 Å². The van der Waals surface area contributed by atoms with Gasteiger partial charge in [-0.25, -0.2) is 0 Å². The molecule has 0 aromatic heterocycles. The Balaban J connectivity index is 1.74. The predicted molar refractivity (Wildman–Crippen MR) is 69.7 cm³/mol. The topological polar surface area (TPSA) is 15.3 Å². The molecule has 0 spiro atoms. The lowest BCUT2D eigenvalue weighted by atomic mass is 9.83. The Morgan fingerprint density at radius 3 is 2.88 bits per heavy atom. The second kappa shape index (κ2) is 6.61. The zero-order valence-electron chi connectivity index (χ0n) is 10.9. The van der Waals surface area contributed by atoms with Crippen molar-refractivity contribution in [1.29, 1.82) is 0 Å². The van der Waals surface area contributed by atoms with Gasteiger partial charge in [0, 0.05) is 6.04 Å². The molecule has 2 aliphatic rings. The van der Waals surface area contributed by atoms with E-state index >= 15 is 0 Å². The van der Waals surface area contributed by atoms with E-state index in [9.17, 15) is 0 Å². The van der Waals surface area contributed by atoms with Gasteiger partial charge >= 0.3 is 0 Å². The van der Waals surface area contributed by atoms with Crippen LogP contribution in [-0.4, -0.2) is 37.1 Å². The summed E-state index contributed by atoms with van der Waals surface area (Å²) in [6, 6.07) is 0.914. The Labute approximate surface area is 101 Å². The van der Waals surface area contributed by atoms with E-state index < -0.39 is 0 Å². The van der Waals surface area contributed by atoms with Gasteiger partial charge in [0.1, 0.15) is 0 Å². The molecule has 0 aromatic rings. The summed E-state index contributed by atoms with van der Waals surface area (Å²) in [6.07, 6.45) is 9.89. The van der Waals surface area contributed by atoms with Gasteiger partial charge in [0.15, 0.2) is 0 Å². The predicted octanol–water partition coefficient (Wildman–Crippen LogP) is 2.64. The summed E-state index contributed by atoms with van der Waals surface area (Å²) in [6.45, 7) is 7.50. The second-order valence-electron chi connectivity index (χ2n) is 5.56. The summed E-state index contributed by atoms with van der Waals surface area (Å²) in [5.41, 5.74) is 0. The zero-order valence-corrected chi connectivity index (χ0v) is 10.9. The van der Waals surface area contributed by atoms with E-state index in [1.807, 2.05) is 0 Å². The highest BCUT2D eigenvalue weighted by Crippen LogP contribution is 2.30. The minimum Gasteiger partial charge on any atom is -0.316 e. The quantitative estimate of drug-likeness (QED) is 0.722. The van der Waals surface area contributed by atoms with E-state index in [-0.39, 0.29) is 0 Å². The minimum absolute atomic E-state index is 0.914. The zero-order chi connectivity index (χ0) is 11.2. The minimum atomic E-state index is 0.914. The van der Waals surface area contributed by atoms with Crippen molar-refractivity contribution in [2.45, 2.75) is 57.9 Å². The second-order valence-corrected chi connectivity index (χ2v) is 5.56. The van der Waals surface area contributed by atoms with Gasteiger partial charge in [-0.2, -0.15) is 0 Å². The van der Waals surface area contributed by atoms with Crippen molar-refractivity contribution < 1.29 is 0 Å². The Kier molecular flexibility index (Phi) is 5.11. The van der Waals surface area contributed by atoms with Gasteiger partial charge in [0.2, 0.25) is 0 Å². The molecule has 0 unspecified atom stereocenters. The van der Waals surface area contributed by atoms with E-state index in [2.05, 4.69) is 17.1 Å². The summed E-state index contributed by atoms with van der Waals surface area (Å²) in [7, 11) is 0. The number of nitrogens with zero attached hydrogens (tertiary/aromatic N) is 1. The van der Waals surface area contributed by atoms with Crippen LogP contribution >= 0.6 is 0 Å². The molecule has 2 heteroatoms. The molecule has 2 heterocycles. The normalized spacial score (nSPS) is 31.3. The third kappa shape index (κ3) is 3.21. The first-order valence-corrected chi connectivity index (χ1v) is 7.36. The van der Waals surface area contributed by atoms with Gasteiger partial charge in [-0.3, -0.25) is 0 Å². The molecule has 0 saturated carbocycles. The van der Waals surface area contributed by atoms with Crippen molar-refractivity contribution in [2.24, 2.45) is 5.92 Å². The maximum atomic E-state index is 3.66. The highest BCUT2D eigenvalue weighted by molar-refractivity contribution is 4.87. The van der Waals surface area contributed by atoms with Crippen LogP contribution in [0.5, 0.6) is 0 Å². The van der Waals surface area contributed by atoms with Crippen LogP contribution in [0.2, 0.25) is 0 Å². The van der Waals surface area contributed by atoms with Crippen LogP contribution < -0.4 is 5.32 Å². The fraction of sp³-hybridized carbons (Fsp3) is 1.00. The molecule has 2 rings (SSSR count). The Bertz CT molecular complexity index is 191. The van der Waals surface area contributed by atoms with Crippen molar-refractivity contribution in [3.63, 3.8) is 0 Å². The van der Waals surface area contributed by atoms with Crippen LogP contribution in [0.4, 0.5) is 0 Å². The summed E-state index contributed by atoms with van der Waals surface area (Å²) < 4.78 is 0. The van der Waals surface area contributed by atoms with Crippen LogP contribution in [0.3, 0.4) is 0 Å². The van der Waals surface area contributed by atoms with Crippen LogP contribution in [0.15, 0.2) is 0 Å². The van der Waals surface area contributed by atoms with Crippen molar-refractivity contribution >= 4 is 0 Å². The Hall–Kier alpha value is -0.0800. The molecule has 2 fully saturated rings. The molecule has 0 amide bonds. The largest absolute Gasteiger partial charge is 0.316 e. The molecule has 0 aromatic carbocycles. The Morgan fingerprint density at radius 2 is 2.00 bits per heavy atom. The van der Waals surface area contributed by atoms with Crippen LogP contribution in [0, 0.1) is 5.92 Å². The molecule has 0 aliphatic carbocycles. The third-order valence-corrected chi connectivity index (χ3v) is 4.34. The van der Waals surface area contributed by atoms with Crippen LogP contribution in [0.1, 0.15) is 51.9 Å². The molecule has 1 N–H and O–H groups in total. The van der Waals surface area contributed by atoms with Gasteiger partial charge in [-0.15, -0.1) is 0 Å². The number of hydrogen-bond acceptors (Lipinski definition) is 2. The van der Waals surface area contributed by atoms with Crippen LogP contribution in [0.25, 0.3) is 0 Å². The van der Waals surface area contributed by atoms with Gasteiger partial charge < -0.3 is 10.2 Å². The number of fused-ring (bicyclic) bond motifs is 1. The smallest absolute Gasteiger partial charge is 0.0136 e.